The van der Waals surface area contributed by atoms with Crippen molar-refractivity contribution in [1.29, 1.82) is 0 Å². The molecule has 2 rings (SSSR count). The molecule has 1 unspecified atom stereocenters. The third-order valence-corrected chi connectivity index (χ3v) is 3.54. The monoisotopic (exact) mass is 283 g/mol. The minimum atomic E-state index is -0.854. The molecule has 0 N–H and O–H groups in total. The van der Waals surface area contributed by atoms with E-state index in [1.807, 2.05) is 4.90 Å². The third-order valence-electron chi connectivity index (χ3n) is 3.54. The summed E-state index contributed by atoms with van der Waals surface area (Å²) >= 11 is 0. The lowest BCUT2D eigenvalue weighted by Gasteiger charge is -2.33. The molecule has 1 atom stereocenters. The summed E-state index contributed by atoms with van der Waals surface area (Å²) in [6.45, 7) is 3.33. The number of likely N-dealkylation sites (tertiary alicyclic amines) is 1. The van der Waals surface area contributed by atoms with Crippen LogP contribution in [0.5, 0.6) is 0 Å². The van der Waals surface area contributed by atoms with Crippen molar-refractivity contribution in [3.05, 3.63) is 35.4 Å². The molecule has 0 aliphatic carbocycles. The highest BCUT2D eigenvalue weighted by atomic mass is 19.2. The number of carbonyl (C=O) groups excluding carboxylic acids is 1. The van der Waals surface area contributed by atoms with E-state index in [2.05, 4.69) is 0 Å². The molecule has 0 bridgehead atoms. The highest BCUT2D eigenvalue weighted by Gasteiger charge is 2.29. The summed E-state index contributed by atoms with van der Waals surface area (Å²) in [5.41, 5.74) is 0.667. The van der Waals surface area contributed by atoms with Gasteiger partial charge in [-0.05, 0) is 44.0 Å². The summed E-state index contributed by atoms with van der Waals surface area (Å²) in [5.74, 6) is -1.93. The number of piperidine rings is 1. The van der Waals surface area contributed by atoms with E-state index >= 15 is 0 Å². The number of ether oxygens (including phenoxy) is 1. The van der Waals surface area contributed by atoms with Gasteiger partial charge in [0.05, 0.1) is 6.61 Å². The molecule has 1 aromatic carbocycles. The molecular formula is C15H19F2NO2. The van der Waals surface area contributed by atoms with Crippen LogP contribution in [0.25, 0.3) is 0 Å². The van der Waals surface area contributed by atoms with E-state index < -0.39 is 11.6 Å². The second-order valence-electron chi connectivity index (χ2n) is 4.98. The Kier molecular flexibility index (Phi) is 5.06. The average molecular weight is 283 g/mol. The van der Waals surface area contributed by atoms with Crippen LogP contribution in [0.3, 0.4) is 0 Å². The van der Waals surface area contributed by atoms with E-state index in [0.717, 1.165) is 31.9 Å². The third kappa shape index (κ3) is 3.54. The summed E-state index contributed by atoms with van der Waals surface area (Å²) < 4.78 is 31.2. The van der Waals surface area contributed by atoms with Gasteiger partial charge in [-0.2, -0.15) is 0 Å². The summed E-state index contributed by atoms with van der Waals surface area (Å²) in [6.07, 6.45) is 2.74. The van der Waals surface area contributed by atoms with Crippen LogP contribution in [0.2, 0.25) is 0 Å². The number of rotatable bonds is 4. The Morgan fingerprint density at radius 2 is 2.15 bits per heavy atom. The number of hydrogen-bond donors (Lipinski definition) is 0. The number of esters is 1. The average Bonchev–Trinajstić information content (AvgIpc) is 2.44. The molecule has 1 aromatic rings. The highest BCUT2D eigenvalue weighted by Crippen LogP contribution is 2.21. The maximum atomic E-state index is 13.2. The summed E-state index contributed by atoms with van der Waals surface area (Å²) in [4.78, 5) is 13.9. The topological polar surface area (TPSA) is 29.5 Å². The van der Waals surface area contributed by atoms with Crippen molar-refractivity contribution in [2.45, 2.75) is 38.8 Å². The summed E-state index contributed by atoms with van der Waals surface area (Å²) in [6, 6.07) is 3.58. The molecule has 1 fully saturated rings. The second-order valence-corrected chi connectivity index (χ2v) is 4.98. The normalized spacial score (nSPS) is 19.9. The van der Waals surface area contributed by atoms with Crippen molar-refractivity contribution in [2.24, 2.45) is 0 Å². The molecule has 3 nitrogen and oxygen atoms in total. The molecule has 1 heterocycles. The van der Waals surface area contributed by atoms with Gasteiger partial charge in [-0.1, -0.05) is 12.5 Å². The van der Waals surface area contributed by atoms with Gasteiger partial charge in [-0.15, -0.1) is 0 Å². The first-order valence-corrected chi connectivity index (χ1v) is 6.96. The van der Waals surface area contributed by atoms with Gasteiger partial charge in [0, 0.05) is 6.54 Å². The molecule has 110 valence electrons. The van der Waals surface area contributed by atoms with E-state index in [1.165, 1.54) is 6.07 Å². The fourth-order valence-corrected chi connectivity index (χ4v) is 2.56. The van der Waals surface area contributed by atoms with Crippen LogP contribution < -0.4 is 0 Å². The molecular weight excluding hydrogens is 264 g/mol. The van der Waals surface area contributed by atoms with Crippen LogP contribution in [0.15, 0.2) is 18.2 Å². The Labute approximate surface area is 117 Å². The first kappa shape index (κ1) is 14.9. The van der Waals surface area contributed by atoms with Gasteiger partial charge in [0.25, 0.3) is 0 Å². The predicted molar refractivity (Wildman–Crippen MR) is 71.0 cm³/mol. The van der Waals surface area contributed by atoms with E-state index in [9.17, 15) is 13.6 Å². The number of hydrogen-bond acceptors (Lipinski definition) is 3. The van der Waals surface area contributed by atoms with E-state index in [0.29, 0.717) is 18.7 Å². The molecule has 0 amide bonds. The molecule has 5 heteroatoms. The first-order chi connectivity index (χ1) is 9.61. The Morgan fingerprint density at radius 1 is 1.35 bits per heavy atom. The molecule has 0 radical (unpaired) electrons. The smallest absolute Gasteiger partial charge is 0.323 e. The maximum Gasteiger partial charge on any atom is 0.323 e. The standard InChI is InChI=1S/C15H19F2NO2/c1-2-20-15(19)14-5-3-4-8-18(14)10-11-6-7-12(16)13(17)9-11/h6-7,9,14H,2-5,8,10H2,1H3. The van der Waals surface area contributed by atoms with Gasteiger partial charge in [0.15, 0.2) is 11.6 Å². The van der Waals surface area contributed by atoms with Crippen molar-refractivity contribution >= 4 is 5.97 Å². The predicted octanol–water partition coefficient (Wildman–Crippen LogP) is 2.88. The fraction of sp³-hybridized carbons (Fsp3) is 0.533. The zero-order chi connectivity index (χ0) is 14.5. The lowest BCUT2D eigenvalue weighted by atomic mass is 10.0. The molecule has 0 saturated carbocycles. The molecule has 1 aliphatic heterocycles. The van der Waals surface area contributed by atoms with Crippen molar-refractivity contribution in [1.82, 2.24) is 4.90 Å². The van der Waals surface area contributed by atoms with E-state index in [4.69, 9.17) is 4.74 Å². The van der Waals surface area contributed by atoms with Crippen molar-refractivity contribution in [3.63, 3.8) is 0 Å². The zero-order valence-electron chi connectivity index (χ0n) is 11.6. The van der Waals surface area contributed by atoms with Crippen LogP contribution in [0.4, 0.5) is 8.78 Å². The van der Waals surface area contributed by atoms with Gasteiger partial charge in [0.2, 0.25) is 0 Å². The van der Waals surface area contributed by atoms with Gasteiger partial charge in [-0.3, -0.25) is 9.69 Å². The van der Waals surface area contributed by atoms with Crippen LogP contribution in [-0.2, 0) is 16.1 Å². The van der Waals surface area contributed by atoms with Gasteiger partial charge in [-0.25, -0.2) is 8.78 Å². The fourth-order valence-electron chi connectivity index (χ4n) is 2.56. The highest BCUT2D eigenvalue weighted by molar-refractivity contribution is 5.75. The SMILES string of the molecule is CCOC(=O)C1CCCCN1Cc1ccc(F)c(F)c1. The van der Waals surface area contributed by atoms with Crippen molar-refractivity contribution in [3.8, 4) is 0 Å². The van der Waals surface area contributed by atoms with Crippen LogP contribution in [0.1, 0.15) is 31.7 Å². The second kappa shape index (κ2) is 6.79. The molecule has 0 spiro atoms. The maximum absolute atomic E-state index is 13.2. The van der Waals surface area contributed by atoms with Gasteiger partial charge in [0.1, 0.15) is 6.04 Å². The largest absolute Gasteiger partial charge is 0.465 e. The quantitative estimate of drug-likeness (QED) is 0.796. The molecule has 20 heavy (non-hydrogen) atoms. The lowest BCUT2D eigenvalue weighted by molar-refractivity contribution is -0.151. The van der Waals surface area contributed by atoms with Crippen molar-refractivity contribution < 1.29 is 18.3 Å². The van der Waals surface area contributed by atoms with Gasteiger partial charge >= 0.3 is 5.97 Å². The first-order valence-electron chi connectivity index (χ1n) is 6.96. The summed E-state index contributed by atoms with van der Waals surface area (Å²) in [5, 5.41) is 0. The zero-order valence-corrected chi connectivity index (χ0v) is 11.6. The van der Waals surface area contributed by atoms with E-state index in [-0.39, 0.29) is 12.0 Å². The summed E-state index contributed by atoms with van der Waals surface area (Å²) in [7, 11) is 0. The lowest BCUT2D eigenvalue weighted by Crippen LogP contribution is -2.44. The Hall–Kier alpha value is -1.49. The number of carbonyl (C=O) groups is 1. The molecule has 1 saturated heterocycles. The van der Waals surface area contributed by atoms with Gasteiger partial charge < -0.3 is 4.74 Å². The molecule has 0 aromatic heterocycles. The molecule has 1 aliphatic rings. The number of nitrogens with zero attached hydrogens (tertiary/aromatic N) is 1. The van der Waals surface area contributed by atoms with E-state index in [1.54, 1.807) is 13.0 Å². The van der Waals surface area contributed by atoms with Crippen molar-refractivity contribution in [2.75, 3.05) is 13.2 Å². The van der Waals surface area contributed by atoms with Crippen LogP contribution in [-0.4, -0.2) is 30.1 Å². The minimum absolute atomic E-state index is 0.227. The van der Waals surface area contributed by atoms with Crippen LogP contribution in [0, 0.1) is 11.6 Å². The van der Waals surface area contributed by atoms with Crippen LogP contribution >= 0.6 is 0 Å². The Balaban J connectivity index is 2.08. The number of benzene rings is 1. The number of halogens is 2. The minimum Gasteiger partial charge on any atom is -0.465 e. The Morgan fingerprint density at radius 3 is 2.85 bits per heavy atom. The Bertz CT molecular complexity index is 479.